The molecule has 0 spiro atoms. The number of anilines is 1. The Morgan fingerprint density at radius 1 is 1.53 bits per heavy atom. The highest BCUT2D eigenvalue weighted by molar-refractivity contribution is 5.89. The molecule has 0 atom stereocenters. The van der Waals surface area contributed by atoms with Gasteiger partial charge in [-0.05, 0) is 30.9 Å². The minimum absolute atomic E-state index is 0.161. The highest BCUT2D eigenvalue weighted by Crippen LogP contribution is 2.30. The number of nitrogens with one attached hydrogen (secondary N) is 2. The Morgan fingerprint density at radius 2 is 2.26 bits per heavy atom. The van der Waals surface area contributed by atoms with Gasteiger partial charge in [0.1, 0.15) is 0 Å². The van der Waals surface area contributed by atoms with Crippen LogP contribution >= 0.6 is 0 Å². The van der Waals surface area contributed by atoms with Gasteiger partial charge in [0.15, 0.2) is 5.75 Å². The second-order valence-electron chi connectivity index (χ2n) is 4.42. The largest absolute Gasteiger partial charge is 0.490 e. The molecule has 0 aliphatic heterocycles. The van der Waals surface area contributed by atoms with Crippen molar-refractivity contribution in [3.63, 3.8) is 0 Å². The van der Waals surface area contributed by atoms with Crippen molar-refractivity contribution in [1.82, 2.24) is 5.32 Å². The number of ether oxygens (including phenoxy) is 1. The van der Waals surface area contributed by atoms with E-state index in [1.165, 1.54) is 19.2 Å². The minimum atomic E-state index is -0.549. The van der Waals surface area contributed by atoms with E-state index in [1.54, 1.807) is 6.07 Å². The zero-order valence-electron chi connectivity index (χ0n) is 10.5. The first kappa shape index (κ1) is 13.1. The van der Waals surface area contributed by atoms with Crippen LogP contribution in [0, 0.1) is 16.0 Å². The Labute approximate surface area is 110 Å². The van der Waals surface area contributed by atoms with Crippen molar-refractivity contribution >= 4 is 17.4 Å². The summed E-state index contributed by atoms with van der Waals surface area (Å²) in [6.07, 6.45) is 2.29. The van der Waals surface area contributed by atoms with E-state index in [-0.39, 0.29) is 17.5 Å². The molecule has 0 heterocycles. The molecule has 0 unspecified atom stereocenters. The summed E-state index contributed by atoms with van der Waals surface area (Å²) in [5.74, 6) is 0.741. The van der Waals surface area contributed by atoms with E-state index in [0.29, 0.717) is 18.2 Å². The molecule has 2 rings (SSSR count). The number of nitrogens with zero attached hydrogens (tertiary/aromatic N) is 1. The van der Waals surface area contributed by atoms with E-state index in [2.05, 4.69) is 10.6 Å². The van der Waals surface area contributed by atoms with E-state index >= 15 is 0 Å². The van der Waals surface area contributed by atoms with Crippen LogP contribution in [0.3, 0.4) is 0 Å². The third-order valence-corrected chi connectivity index (χ3v) is 2.88. The van der Waals surface area contributed by atoms with Gasteiger partial charge in [0, 0.05) is 18.3 Å². The standard InChI is InChI=1S/C12H15N3O4/c1-19-11-5-4-9(6-10(11)15(17)18)14-12(16)13-7-8-2-3-8/h4-6,8H,2-3,7H2,1H3,(H2,13,14,16). The monoisotopic (exact) mass is 265 g/mol. The molecule has 102 valence electrons. The van der Waals surface area contributed by atoms with Crippen molar-refractivity contribution in [2.75, 3.05) is 19.0 Å². The van der Waals surface area contributed by atoms with Gasteiger partial charge in [-0.2, -0.15) is 0 Å². The van der Waals surface area contributed by atoms with Gasteiger partial charge in [-0.15, -0.1) is 0 Å². The Morgan fingerprint density at radius 3 is 2.84 bits per heavy atom. The van der Waals surface area contributed by atoms with Gasteiger partial charge < -0.3 is 15.4 Å². The van der Waals surface area contributed by atoms with Crippen molar-refractivity contribution in [1.29, 1.82) is 0 Å². The van der Waals surface area contributed by atoms with Crippen LogP contribution in [0.25, 0.3) is 0 Å². The predicted octanol–water partition coefficient (Wildman–Crippen LogP) is 2.13. The smallest absolute Gasteiger partial charge is 0.319 e. The molecule has 0 saturated heterocycles. The normalized spacial score (nSPS) is 13.7. The second-order valence-corrected chi connectivity index (χ2v) is 4.42. The molecule has 0 bridgehead atoms. The molecule has 0 aromatic heterocycles. The molecule has 1 aromatic carbocycles. The average Bonchev–Trinajstić information content (AvgIpc) is 3.20. The fraction of sp³-hybridized carbons (Fsp3) is 0.417. The third-order valence-electron chi connectivity index (χ3n) is 2.88. The molecule has 7 heteroatoms. The first-order valence-corrected chi connectivity index (χ1v) is 5.97. The number of benzene rings is 1. The van der Waals surface area contributed by atoms with Gasteiger partial charge in [0.2, 0.25) is 0 Å². The lowest BCUT2D eigenvalue weighted by Gasteiger charge is -2.08. The molecule has 0 radical (unpaired) electrons. The maximum Gasteiger partial charge on any atom is 0.319 e. The lowest BCUT2D eigenvalue weighted by molar-refractivity contribution is -0.385. The number of nitro groups is 1. The summed E-state index contributed by atoms with van der Waals surface area (Å²) in [6.45, 7) is 0.643. The van der Waals surface area contributed by atoms with E-state index in [0.717, 1.165) is 12.8 Å². The highest BCUT2D eigenvalue weighted by atomic mass is 16.6. The molecule has 1 aliphatic rings. The predicted molar refractivity (Wildman–Crippen MR) is 69.4 cm³/mol. The number of amides is 2. The molecule has 1 aliphatic carbocycles. The summed E-state index contributed by atoms with van der Waals surface area (Å²) in [5.41, 5.74) is 0.184. The second kappa shape index (κ2) is 5.55. The molecule has 1 fully saturated rings. The number of rotatable bonds is 5. The molecular weight excluding hydrogens is 250 g/mol. The van der Waals surface area contributed by atoms with E-state index in [4.69, 9.17) is 4.74 Å². The first-order chi connectivity index (χ1) is 9.10. The Kier molecular flexibility index (Phi) is 3.84. The number of carbonyl (C=O) groups is 1. The van der Waals surface area contributed by atoms with Crippen LogP contribution in [0.5, 0.6) is 5.75 Å². The number of hydrogen-bond acceptors (Lipinski definition) is 4. The van der Waals surface area contributed by atoms with Crippen molar-refractivity contribution in [3.8, 4) is 5.75 Å². The summed E-state index contributed by atoms with van der Waals surface area (Å²) < 4.78 is 4.88. The Hall–Kier alpha value is -2.31. The lowest BCUT2D eigenvalue weighted by atomic mass is 10.2. The van der Waals surface area contributed by atoms with Crippen LogP contribution in [0.15, 0.2) is 18.2 Å². The molecule has 1 saturated carbocycles. The van der Waals surface area contributed by atoms with Crippen LogP contribution in [0.4, 0.5) is 16.2 Å². The van der Waals surface area contributed by atoms with Gasteiger partial charge in [0.25, 0.3) is 0 Å². The molecule has 7 nitrogen and oxygen atoms in total. The first-order valence-electron chi connectivity index (χ1n) is 5.97. The van der Waals surface area contributed by atoms with Gasteiger partial charge in [-0.1, -0.05) is 0 Å². The maximum atomic E-state index is 11.6. The fourth-order valence-electron chi connectivity index (χ4n) is 1.64. The molecule has 1 aromatic rings. The van der Waals surface area contributed by atoms with Crippen molar-refractivity contribution in [2.24, 2.45) is 5.92 Å². The van der Waals surface area contributed by atoms with Gasteiger partial charge in [-0.25, -0.2) is 4.79 Å². The van der Waals surface area contributed by atoms with Gasteiger partial charge in [-0.3, -0.25) is 10.1 Å². The number of nitro benzene ring substituents is 1. The zero-order chi connectivity index (χ0) is 13.8. The topological polar surface area (TPSA) is 93.5 Å². The molecule has 19 heavy (non-hydrogen) atoms. The summed E-state index contributed by atoms with van der Waals surface area (Å²) in [5, 5.41) is 16.1. The number of methoxy groups -OCH3 is 1. The van der Waals surface area contributed by atoms with E-state index < -0.39 is 4.92 Å². The van der Waals surface area contributed by atoms with Crippen LogP contribution < -0.4 is 15.4 Å². The minimum Gasteiger partial charge on any atom is -0.490 e. The SMILES string of the molecule is COc1ccc(NC(=O)NCC2CC2)cc1[N+](=O)[O-]. The van der Waals surface area contributed by atoms with Crippen LogP contribution in [0.2, 0.25) is 0 Å². The number of carbonyl (C=O) groups excluding carboxylic acids is 1. The van der Waals surface area contributed by atoms with Crippen molar-refractivity contribution < 1.29 is 14.5 Å². The number of urea groups is 1. The summed E-state index contributed by atoms with van der Waals surface area (Å²) >= 11 is 0. The van der Waals surface area contributed by atoms with Crippen LogP contribution in [-0.4, -0.2) is 24.6 Å². The van der Waals surface area contributed by atoms with E-state index in [9.17, 15) is 14.9 Å². The summed E-state index contributed by atoms with van der Waals surface area (Å²) in [6, 6.07) is 3.93. The molecule has 2 N–H and O–H groups in total. The maximum absolute atomic E-state index is 11.6. The summed E-state index contributed by atoms with van der Waals surface area (Å²) in [4.78, 5) is 21.8. The number of hydrogen-bond donors (Lipinski definition) is 2. The highest BCUT2D eigenvalue weighted by Gasteiger charge is 2.22. The molecular formula is C12H15N3O4. The molecule has 2 amide bonds. The Bertz CT molecular complexity index is 500. The van der Waals surface area contributed by atoms with Crippen molar-refractivity contribution in [2.45, 2.75) is 12.8 Å². The van der Waals surface area contributed by atoms with Crippen molar-refractivity contribution in [3.05, 3.63) is 28.3 Å². The Balaban J connectivity index is 2.00. The quantitative estimate of drug-likeness (QED) is 0.630. The zero-order valence-corrected chi connectivity index (χ0v) is 10.5. The average molecular weight is 265 g/mol. The third kappa shape index (κ3) is 3.57. The van der Waals surface area contributed by atoms with Gasteiger partial charge in [0.05, 0.1) is 12.0 Å². The fourth-order valence-corrected chi connectivity index (χ4v) is 1.64. The van der Waals surface area contributed by atoms with Gasteiger partial charge >= 0.3 is 11.7 Å². The van der Waals surface area contributed by atoms with Crippen LogP contribution in [0.1, 0.15) is 12.8 Å². The lowest BCUT2D eigenvalue weighted by Crippen LogP contribution is -2.30. The summed E-state index contributed by atoms with van der Waals surface area (Å²) in [7, 11) is 1.36. The van der Waals surface area contributed by atoms with Crippen LogP contribution in [-0.2, 0) is 0 Å². The van der Waals surface area contributed by atoms with E-state index in [1.807, 2.05) is 0 Å².